The Kier molecular flexibility index (Phi) is 5.49. The smallest absolute Gasteiger partial charge is 0.224 e. The van der Waals surface area contributed by atoms with Gasteiger partial charge in [0.15, 0.2) is 0 Å². The zero-order chi connectivity index (χ0) is 16.8. The van der Waals surface area contributed by atoms with Crippen LogP contribution in [0.1, 0.15) is 6.42 Å². The van der Waals surface area contributed by atoms with Crippen molar-refractivity contribution in [2.75, 3.05) is 44.7 Å². The number of piperazine rings is 1. The predicted octanol–water partition coefficient (Wildman–Crippen LogP) is 2.99. The highest BCUT2D eigenvalue weighted by molar-refractivity contribution is 5.77. The summed E-state index contributed by atoms with van der Waals surface area (Å²) >= 11 is 0. The van der Waals surface area contributed by atoms with Gasteiger partial charge in [0.1, 0.15) is 0 Å². The number of hydrogen-bond donors (Lipinski definition) is 0. The molecule has 1 heterocycles. The minimum absolute atomic E-state index is 0.250. The Balaban J connectivity index is 1.68. The van der Waals surface area contributed by atoms with Gasteiger partial charge in [0.05, 0.1) is 0 Å². The molecule has 0 spiro atoms. The maximum atomic E-state index is 12.6. The molecule has 0 N–H and O–H groups in total. The van der Waals surface area contributed by atoms with Crippen LogP contribution in [-0.2, 0) is 4.79 Å². The number of anilines is 2. The van der Waals surface area contributed by atoms with Crippen molar-refractivity contribution in [3.63, 3.8) is 0 Å². The van der Waals surface area contributed by atoms with E-state index in [1.807, 2.05) is 41.3 Å². The number of likely N-dealkylation sites (N-methyl/N-ethyl adjacent to an activating group) is 1. The maximum absolute atomic E-state index is 12.6. The molecule has 1 amide bonds. The molecule has 1 fully saturated rings. The molecule has 0 saturated carbocycles. The number of para-hydroxylation sites is 2. The molecular weight excluding hydrogens is 298 g/mol. The number of amides is 1. The van der Waals surface area contributed by atoms with Crippen molar-refractivity contribution >= 4 is 17.3 Å². The highest BCUT2D eigenvalue weighted by atomic mass is 16.2. The molecule has 2 aromatic carbocycles. The second-order valence-electron chi connectivity index (χ2n) is 6.26. The largest absolute Gasteiger partial charge is 0.341 e. The first-order chi connectivity index (χ1) is 11.7. The van der Waals surface area contributed by atoms with Crippen LogP contribution in [0.3, 0.4) is 0 Å². The van der Waals surface area contributed by atoms with Gasteiger partial charge in [0, 0.05) is 50.5 Å². The van der Waals surface area contributed by atoms with Gasteiger partial charge in [-0.1, -0.05) is 36.4 Å². The average Bonchev–Trinajstić information content (AvgIpc) is 2.64. The van der Waals surface area contributed by atoms with Crippen LogP contribution < -0.4 is 4.90 Å². The van der Waals surface area contributed by atoms with Crippen molar-refractivity contribution in [3.8, 4) is 0 Å². The first-order valence-electron chi connectivity index (χ1n) is 8.58. The molecule has 4 heteroatoms. The van der Waals surface area contributed by atoms with E-state index in [9.17, 15) is 4.79 Å². The van der Waals surface area contributed by atoms with E-state index in [1.165, 1.54) is 0 Å². The van der Waals surface area contributed by atoms with Crippen LogP contribution in [0.5, 0.6) is 0 Å². The standard InChI is InChI=1S/C20H25N3O/c1-21-14-16-22(17-15-21)20(24)12-13-23(18-8-4-2-5-9-18)19-10-6-3-7-11-19/h2-11H,12-17H2,1H3. The lowest BCUT2D eigenvalue weighted by Gasteiger charge is -2.33. The third-order valence-electron chi connectivity index (χ3n) is 4.54. The van der Waals surface area contributed by atoms with E-state index >= 15 is 0 Å². The number of hydrogen-bond acceptors (Lipinski definition) is 3. The lowest BCUT2D eigenvalue weighted by Crippen LogP contribution is -2.47. The molecule has 0 aromatic heterocycles. The van der Waals surface area contributed by atoms with Crippen molar-refractivity contribution in [1.29, 1.82) is 0 Å². The molecule has 0 atom stereocenters. The van der Waals surface area contributed by atoms with Gasteiger partial charge in [0.2, 0.25) is 5.91 Å². The number of benzene rings is 2. The molecule has 0 unspecified atom stereocenters. The Morgan fingerprint density at radius 3 is 1.88 bits per heavy atom. The maximum Gasteiger partial charge on any atom is 0.224 e. The molecule has 24 heavy (non-hydrogen) atoms. The van der Waals surface area contributed by atoms with Gasteiger partial charge in [-0.05, 0) is 31.3 Å². The molecule has 0 radical (unpaired) electrons. The normalized spacial score (nSPS) is 15.3. The van der Waals surface area contributed by atoms with Gasteiger partial charge in [-0.2, -0.15) is 0 Å². The Hall–Kier alpha value is -2.33. The minimum Gasteiger partial charge on any atom is -0.341 e. The van der Waals surface area contributed by atoms with Crippen molar-refractivity contribution < 1.29 is 4.79 Å². The molecule has 4 nitrogen and oxygen atoms in total. The van der Waals surface area contributed by atoms with Crippen molar-refractivity contribution in [2.45, 2.75) is 6.42 Å². The number of carbonyl (C=O) groups is 1. The molecule has 1 aliphatic heterocycles. The Bertz CT molecular complexity index is 597. The molecule has 0 aliphatic carbocycles. The van der Waals surface area contributed by atoms with Crippen LogP contribution >= 0.6 is 0 Å². The van der Waals surface area contributed by atoms with Crippen LogP contribution in [-0.4, -0.2) is 55.5 Å². The summed E-state index contributed by atoms with van der Waals surface area (Å²) < 4.78 is 0. The quantitative estimate of drug-likeness (QED) is 0.846. The average molecular weight is 323 g/mol. The molecule has 2 aromatic rings. The van der Waals surface area contributed by atoms with E-state index in [0.29, 0.717) is 13.0 Å². The molecular formula is C20H25N3O. The summed E-state index contributed by atoms with van der Waals surface area (Å²) in [7, 11) is 2.11. The van der Waals surface area contributed by atoms with Gasteiger partial charge in [-0.25, -0.2) is 0 Å². The fraction of sp³-hybridized carbons (Fsp3) is 0.350. The monoisotopic (exact) mass is 323 g/mol. The first kappa shape index (κ1) is 16.5. The summed E-state index contributed by atoms with van der Waals surface area (Å²) in [6.45, 7) is 4.30. The third kappa shape index (κ3) is 4.15. The van der Waals surface area contributed by atoms with Gasteiger partial charge >= 0.3 is 0 Å². The van der Waals surface area contributed by atoms with Crippen molar-refractivity contribution in [2.24, 2.45) is 0 Å². The molecule has 126 valence electrons. The Labute approximate surface area is 144 Å². The third-order valence-corrected chi connectivity index (χ3v) is 4.54. The van der Waals surface area contributed by atoms with E-state index in [4.69, 9.17) is 0 Å². The van der Waals surface area contributed by atoms with Gasteiger partial charge in [-0.15, -0.1) is 0 Å². The number of nitrogens with zero attached hydrogens (tertiary/aromatic N) is 3. The fourth-order valence-electron chi connectivity index (χ4n) is 3.04. The van der Waals surface area contributed by atoms with Crippen LogP contribution in [0.15, 0.2) is 60.7 Å². The van der Waals surface area contributed by atoms with Crippen molar-refractivity contribution in [3.05, 3.63) is 60.7 Å². The van der Waals surface area contributed by atoms with Crippen LogP contribution in [0, 0.1) is 0 Å². The van der Waals surface area contributed by atoms with Gasteiger partial charge in [0.25, 0.3) is 0 Å². The van der Waals surface area contributed by atoms with E-state index < -0.39 is 0 Å². The van der Waals surface area contributed by atoms with Crippen LogP contribution in [0.2, 0.25) is 0 Å². The molecule has 3 rings (SSSR count). The SMILES string of the molecule is CN1CCN(C(=O)CCN(c2ccccc2)c2ccccc2)CC1. The van der Waals surface area contributed by atoms with E-state index in [2.05, 4.69) is 41.1 Å². The van der Waals surface area contributed by atoms with Crippen LogP contribution in [0.25, 0.3) is 0 Å². The van der Waals surface area contributed by atoms with E-state index in [-0.39, 0.29) is 5.91 Å². The van der Waals surface area contributed by atoms with E-state index in [0.717, 1.165) is 37.6 Å². The summed E-state index contributed by atoms with van der Waals surface area (Å²) in [6.07, 6.45) is 0.535. The Morgan fingerprint density at radius 2 is 1.38 bits per heavy atom. The molecule has 1 aliphatic rings. The topological polar surface area (TPSA) is 26.8 Å². The zero-order valence-electron chi connectivity index (χ0n) is 14.3. The summed E-state index contributed by atoms with van der Waals surface area (Å²) in [6, 6.07) is 20.5. The fourth-order valence-corrected chi connectivity index (χ4v) is 3.04. The summed E-state index contributed by atoms with van der Waals surface area (Å²) in [5.74, 6) is 0.250. The molecule has 0 bridgehead atoms. The van der Waals surface area contributed by atoms with Gasteiger partial charge in [-0.3, -0.25) is 4.79 Å². The zero-order valence-corrected chi connectivity index (χ0v) is 14.3. The van der Waals surface area contributed by atoms with E-state index in [1.54, 1.807) is 0 Å². The lowest BCUT2D eigenvalue weighted by atomic mass is 10.2. The predicted molar refractivity (Wildman–Crippen MR) is 98.6 cm³/mol. The summed E-state index contributed by atoms with van der Waals surface area (Å²) in [4.78, 5) is 19.0. The van der Waals surface area contributed by atoms with Crippen LogP contribution in [0.4, 0.5) is 11.4 Å². The number of rotatable bonds is 5. The highest BCUT2D eigenvalue weighted by Crippen LogP contribution is 2.25. The lowest BCUT2D eigenvalue weighted by molar-refractivity contribution is -0.132. The summed E-state index contributed by atoms with van der Waals surface area (Å²) in [5.41, 5.74) is 2.24. The minimum atomic E-state index is 0.250. The second kappa shape index (κ2) is 7.97. The highest BCUT2D eigenvalue weighted by Gasteiger charge is 2.20. The Morgan fingerprint density at radius 1 is 0.875 bits per heavy atom. The molecule has 1 saturated heterocycles. The second-order valence-corrected chi connectivity index (χ2v) is 6.26. The summed E-state index contributed by atoms with van der Waals surface area (Å²) in [5, 5.41) is 0. The van der Waals surface area contributed by atoms with Gasteiger partial charge < -0.3 is 14.7 Å². The first-order valence-corrected chi connectivity index (χ1v) is 8.58. The van der Waals surface area contributed by atoms with Crippen molar-refractivity contribution in [1.82, 2.24) is 9.80 Å². The number of carbonyl (C=O) groups excluding carboxylic acids is 1.